The summed E-state index contributed by atoms with van der Waals surface area (Å²) in [5.41, 5.74) is 0. The molecule has 0 amide bonds. The molecular formula is C11H23NOS. The lowest BCUT2D eigenvalue weighted by Crippen LogP contribution is -2.35. The lowest BCUT2D eigenvalue weighted by molar-refractivity contribution is 0.158. The maximum Gasteiger partial charge on any atom is 0.0618 e. The Hall–Kier alpha value is 0.270. The van der Waals surface area contributed by atoms with E-state index in [0.717, 1.165) is 19.1 Å². The summed E-state index contributed by atoms with van der Waals surface area (Å²) >= 11 is 2.03. The van der Waals surface area contributed by atoms with Crippen molar-refractivity contribution in [1.82, 2.24) is 5.32 Å². The fourth-order valence-electron chi connectivity index (χ4n) is 1.65. The van der Waals surface area contributed by atoms with Gasteiger partial charge >= 0.3 is 0 Å². The molecule has 0 aromatic heterocycles. The van der Waals surface area contributed by atoms with Crippen LogP contribution in [0.2, 0.25) is 0 Å². The van der Waals surface area contributed by atoms with Crippen molar-refractivity contribution in [1.29, 1.82) is 0 Å². The molecule has 1 saturated carbocycles. The van der Waals surface area contributed by atoms with Gasteiger partial charge in [-0.25, -0.2) is 0 Å². The van der Waals surface area contributed by atoms with Gasteiger partial charge in [-0.15, -0.1) is 0 Å². The van der Waals surface area contributed by atoms with Crippen molar-refractivity contribution in [3.63, 3.8) is 0 Å². The largest absolute Gasteiger partial charge is 0.383 e. The first kappa shape index (κ1) is 12.3. The molecule has 0 radical (unpaired) electrons. The molecule has 2 nitrogen and oxygen atoms in total. The summed E-state index contributed by atoms with van der Waals surface area (Å²) in [5, 5.41) is 3.60. The summed E-state index contributed by atoms with van der Waals surface area (Å²) in [6.45, 7) is 4.25. The molecule has 0 saturated heterocycles. The Labute approximate surface area is 92.2 Å². The van der Waals surface area contributed by atoms with Gasteiger partial charge in [0.15, 0.2) is 0 Å². The first-order chi connectivity index (χ1) is 6.88. The van der Waals surface area contributed by atoms with Crippen LogP contribution < -0.4 is 5.32 Å². The number of hydrogen-bond donors (Lipinski definition) is 1. The smallest absolute Gasteiger partial charge is 0.0618 e. The molecule has 14 heavy (non-hydrogen) atoms. The normalized spacial score (nSPS) is 18.4. The van der Waals surface area contributed by atoms with Crippen LogP contribution in [-0.2, 0) is 4.74 Å². The van der Waals surface area contributed by atoms with Gasteiger partial charge in [0.1, 0.15) is 0 Å². The second-order valence-corrected chi connectivity index (χ2v) is 5.30. The Balaban J connectivity index is 1.96. The van der Waals surface area contributed by atoms with Gasteiger partial charge in [-0.05, 0) is 43.2 Å². The first-order valence-electron chi connectivity index (χ1n) is 5.68. The Bertz CT molecular complexity index is 139. The predicted molar refractivity (Wildman–Crippen MR) is 64.0 cm³/mol. The van der Waals surface area contributed by atoms with Crippen molar-refractivity contribution in [3.05, 3.63) is 0 Å². The number of rotatable bonds is 9. The molecule has 0 bridgehead atoms. The van der Waals surface area contributed by atoms with Gasteiger partial charge in [-0.1, -0.05) is 6.92 Å². The molecule has 3 heteroatoms. The topological polar surface area (TPSA) is 21.3 Å². The summed E-state index contributed by atoms with van der Waals surface area (Å²) in [4.78, 5) is 0. The van der Waals surface area contributed by atoms with Crippen molar-refractivity contribution >= 4 is 11.8 Å². The standard InChI is InChI=1S/C11H23NOS/c1-3-14-8-4-7-12-11(9-13-2)10-5-6-10/h10-12H,3-9H2,1-2H3. The Morgan fingerprint density at radius 1 is 1.50 bits per heavy atom. The van der Waals surface area contributed by atoms with Crippen LogP contribution >= 0.6 is 11.8 Å². The van der Waals surface area contributed by atoms with E-state index in [1.54, 1.807) is 7.11 Å². The average Bonchev–Trinajstić information content (AvgIpc) is 2.99. The van der Waals surface area contributed by atoms with E-state index in [0.29, 0.717) is 6.04 Å². The van der Waals surface area contributed by atoms with E-state index in [2.05, 4.69) is 12.2 Å². The quantitative estimate of drug-likeness (QED) is 0.598. The lowest BCUT2D eigenvalue weighted by atomic mass is 10.2. The summed E-state index contributed by atoms with van der Waals surface area (Å²) in [5.74, 6) is 3.42. The molecule has 84 valence electrons. The molecule has 1 unspecified atom stereocenters. The third-order valence-electron chi connectivity index (χ3n) is 2.61. The molecule has 1 aliphatic rings. The van der Waals surface area contributed by atoms with Crippen LogP contribution in [0.1, 0.15) is 26.2 Å². The van der Waals surface area contributed by atoms with E-state index in [4.69, 9.17) is 4.74 Å². The van der Waals surface area contributed by atoms with Crippen LogP contribution in [0.25, 0.3) is 0 Å². The van der Waals surface area contributed by atoms with E-state index >= 15 is 0 Å². The van der Waals surface area contributed by atoms with Crippen LogP contribution in [-0.4, -0.2) is 37.8 Å². The highest BCUT2D eigenvalue weighted by molar-refractivity contribution is 7.99. The SMILES string of the molecule is CCSCCCNC(COC)C1CC1. The van der Waals surface area contributed by atoms with Gasteiger partial charge in [0.25, 0.3) is 0 Å². The van der Waals surface area contributed by atoms with Gasteiger partial charge < -0.3 is 10.1 Å². The van der Waals surface area contributed by atoms with E-state index in [9.17, 15) is 0 Å². The van der Waals surface area contributed by atoms with Crippen LogP contribution in [0.5, 0.6) is 0 Å². The zero-order valence-electron chi connectivity index (χ0n) is 9.42. The monoisotopic (exact) mass is 217 g/mol. The first-order valence-corrected chi connectivity index (χ1v) is 6.84. The molecule has 0 heterocycles. The summed E-state index contributed by atoms with van der Waals surface area (Å²) in [6, 6.07) is 0.617. The minimum atomic E-state index is 0.617. The average molecular weight is 217 g/mol. The van der Waals surface area contributed by atoms with E-state index in [-0.39, 0.29) is 0 Å². The maximum absolute atomic E-state index is 5.22. The molecule has 0 aromatic carbocycles. The highest BCUT2D eigenvalue weighted by atomic mass is 32.2. The van der Waals surface area contributed by atoms with Crippen LogP contribution in [0, 0.1) is 5.92 Å². The lowest BCUT2D eigenvalue weighted by Gasteiger charge is -2.16. The van der Waals surface area contributed by atoms with E-state index in [1.165, 1.54) is 30.8 Å². The molecular weight excluding hydrogens is 194 g/mol. The van der Waals surface area contributed by atoms with Gasteiger partial charge in [0, 0.05) is 13.2 Å². The molecule has 1 atom stereocenters. The zero-order chi connectivity index (χ0) is 10.2. The van der Waals surface area contributed by atoms with Gasteiger partial charge in [0.05, 0.1) is 6.61 Å². The zero-order valence-corrected chi connectivity index (χ0v) is 10.2. The fourth-order valence-corrected chi connectivity index (χ4v) is 2.28. The van der Waals surface area contributed by atoms with Crippen LogP contribution in [0.4, 0.5) is 0 Å². The van der Waals surface area contributed by atoms with Crippen molar-refractivity contribution in [3.8, 4) is 0 Å². The molecule has 1 aliphatic carbocycles. The number of ether oxygens (including phenoxy) is 1. The third kappa shape index (κ3) is 5.23. The Morgan fingerprint density at radius 2 is 2.29 bits per heavy atom. The Morgan fingerprint density at radius 3 is 2.86 bits per heavy atom. The molecule has 0 aromatic rings. The van der Waals surface area contributed by atoms with Crippen molar-refractivity contribution < 1.29 is 4.74 Å². The summed E-state index contributed by atoms with van der Waals surface area (Å²) in [7, 11) is 1.80. The molecule has 0 aliphatic heterocycles. The molecule has 1 N–H and O–H groups in total. The van der Waals surface area contributed by atoms with E-state index in [1.807, 2.05) is 11.8 Å². The minimum Gasteiger partial charge on any atom is -0.383 e. The third-order valence-corrected chi connectivity index (χ3v) is 3.60. The van der Waals surface area contributed by atoms with Crippen molar-refractivity contribution in [2.45, 2.75) is 32.2 Å². The fraction of sp³-hybridized carbons (Fsp3) is 1.00. The van der Waals surface area contributed by atoms with Crippen molar-refractivity contribution in [2.24, 2.45) is 5.92 Å². The van der Waals surface area contributed by atoms with E-state index < -0.39 is 0 Å². The van der Waals surface area contributed by atoms with Gasteiger partial charge in [-0.3, -0.25) is 0 Å². The summed E-state index contributed by atoms with van der Waals surface area (Å²) in [6.07, 6.45) is 4.07. The minimum absolute atomic E-state index is 0.617. The maximum atomic E-state index is 5.22. The Kier molecular flexibility index (Phi) is 6.65. The second-order valence-electron chi connectivity index (χ2n) is 3.90. The van der Waals surface area contributed by atoms with Gasteiger partial charge in [0.2, 0.25) is 0 Å². The molecule has 0 spiro atoms. The number of hydrogen-bond acceptors (Lipinski definition) is 3. The number of thioether (sulfide) groups is 1. The molecule has 1 rings (SSSR count). The molecule has 1 fully saturated rings. The van der Waals surface area contributed by atoms with Crippen molar-refractivity contribution in [2.75, 3.05) is 31.8 Å². The number of methoxy groups -OCH3 is 1. The predicted octanol–water partition coefficient (Wildman–Crippen LogP) is 2.14. The van der Waals surface area contributed by atoms with Crippen LogP contribution in [0.3, 0.4) is 0 Å². The van der Waals surface area contributed by atoms with Crippen LogP contribution in [0.15, 0.2) is 0 Å². The highest BCUT2D eigenvalue weighted by Crippen LogP contribution is 2.32. The summed E-state index contributed by atoms with van der Waals surface area (Å²) < 4.78 is 5.22. The van der Waals surface area contributed by atoms with Gasteiger partial charge in [-0.2, -0.15) is 11.8 Å². The second kappa shape index (κ2) is 7.55. The number of nitrogens with one attached hydrogen (secondary N) is 1. The highest BCUT2D eigenvalue weighted by Gasteiger charge is 2.30.